The molecule has 0 spiro atoms. The van der Waals surface area contributed by atoms with Crippen LogP contribution in [0.25, 0.3) is 0 Å². The molecule has 0 atom stereocenters. The minimum atomic E-state index is -0.918. The summed E-state index contributed by atoms with van der Waals surface area (Å²) >= 11 is 0. The van der Waals surface area contributed by atoms with Gasteiger partial charge >= 0.3 is 0 Å². The lowest BCUT2D eigenvalue weighted by atomic mass is 10.3. The highest BCUT2D eigenvalue weighted by Gasteiger charge is 2.26. The quantitative estimate of drug-likeness (QED) is 0.495. The first-order chi connectivity index (χ1) is 13.8. The molecule has 0 saturated carbocycles. The van der Waals surface area contributed by atoms with E-state index in [0.29, 0.717) is 19.8 Å². The fourth-order valence-corrected chi connectivity index (χ4v) is 5.71. The van der Waals surface area contributed by atoms with Crippen LogP contribution in [0.15, 0.2) is 72.8 Å². The molecule has 3 nitrogen and oxygen atoms in total. The summed E-state index contributed by atoms with van der Waals surface area (Å²) in [5.41, 5.74) is 0. The van der Waals surface area contributed by atoms with Crippen LogP contribution in [-0.4, -0.2) is 19.8 Å². The van der Waals surface area contributed by atoms with Crippen molar-refractivity contribution in [3.05, 3.63) is 72.8 Å². The van der Waals surface area contributed by atoms with Crippen molar-refractivity contribution in [2.75, 3.05) is 19.8 Å². The second-order valence-electron chi connectivity index (χ2n) is 6.04. The standard InChI is InChI=1S/C24H27O3P/c1-4-25-19-13-7-10-16-22(19)28(23-17-11-8-14-20(23)26-5-2)24-18-12-9-15-21(24)27-6-3/h7-18H,4-6H2,1-3H3. The Morgan fingerprint density at radius 1 is 0.500 bits per heavy atom. The van der Waals surface area contributed by atoms with Crippen molar-refractivity contribution < 1.29 is 14.2 Å². The molecule has 0 heterocycles. The van der Waals surface area contributed by atoms with Crippen molar-refractivity contribution in [3.8, 4) is 17.2 Å². The number of benzene rings is 3. The smallest absolute Gasteiger partial charge is 0.127 e. The second-order valence-corrected chi connectivity index (χ2v) is 8.15. The molecule has 0 aliphatic rings. The van der Waals surface area contributed by atoms with E-state index in [1.165, 1.54) is 15.9 Å². The van der Waals surface area contributed by atoms with Gasteiger partial charge < -0.3 is 14.2 Å². The van der Waals surface area contributed by atoms with E-state index in [4.69, 9.17) is 14.2 Å². The number of hydrogen-bond acceptors (Lipinski definition) is 3. The zero-order chi connectivity index (χ0) is 19.8. The van der Waals surface area contributed by atoms with Crippen molar-refractivity contribution in [1.29, 1.82) is 0 Å². The Hall–Kier alpha value is -2.51. The molecule has 0 N–H and O–H groups in total. The van der Waals surface area contributed by atoms with Gasteiger partial charge in [-0.3, -0.25) is 0 Å². The molecule has 3 aromatic rings. The molecule has 0 saturated heterocycles. The fraction of sp³-hybridized carbons (Fsp3) is 0.250. The van der Waals surface area contributed by atoms with Gasteiger partial charge in [0.25, 0.3) is 0 Å². The minimum absolute atomic E-state index is 0.625. The normalized spacial score (nSPS) is 10.7. The molecular formula is C24H27O3P. The zero-order valence-electron chi connectivity index (χ0n) is 16.7. The monoisotopic (exact) mass is 394 g/mol. The number of hydrogen-bond donors (Lipinski definition) is 0. The van der Waals surface area contributed by atoms with Crippen LogP contribution < -0.4 is 30.1 Å². The lowest BCUT2D eigenvalue weighted by molar-refractivity contribution is 0.342. The Bertz CT molecular complexity index is 777. The zero-order valence-corrected chi connectivity index (χ0v) is 17.6. The molecule has 3 rings (SSSR count). The van der Waals surface area contributed by atoms with Gasteiger partial charge in [0.15, 0.2) is 0 Å². The van der Waals surface area contributed by atoms with Crippen molar-refractivity contribution in [2.24, 2.45) is 0 Å². The van der Waals surface area contributed by atoms with E-state index in [0.717, 1.165) is 17.2 Å². The Kier molecular flexibility index (Phi) is 7.33. The molecule has 4 heteroatoms. The van der Waals surface area contributed by atoms with E-state index in [1.54, 1.807) is 0 Å². The van der Waals surface area contributed by atoms with Gasteiger partial charge in [0.05, 0.1) is 19.8 Å². The molecule has 28 heavy (non-hydrogen) atoms. The largest absolute Gasteiger partial charge is 0.493 e. The van der Waals surface area contributed by atoms with Gasteiger partial charge in [0.2, 0.25) is 0 Å². The van der Waals surface area contributed by atoms with Gasteiger partial charge in [0, 0.05) is 15.9 Å². The summed E-state index contributed by atoms with van der Waals surface area (Å²) in [4.78, 5) is 0. The third-order valence-electron chi connectivity index (χ3n) is 4.22. The Labute approximate surface area is 169 Å². The number of rotatable bonds is 9. The van der Waals surface area contributed by atoms with E-state index in [-0.39, 0.29) is 0 Å². The molecule has 0 aliphatic carbocycles. The SMILES string of the molecule is CCOc1ccccc1P(c1ccccc1OCC)c1ccccc1OCC. The summed E-state index contributed by atoms with van der Waals surface area (Å²) in [6, 6.07) is 24.9. The Balaban J connectivity index is 2.25. The minimum Gasteiger partial charge on any atom is -0.493 e. The number of ether oxygens (including phenoxy) is 3. The average Bonchev–Trinajstić information content (AvgIpc) is 2.72. The maximum absolute atomic E-state index is 6.00. The summed E-state index contributed by atoms with van der Waals surface area (Å²) in [6.45, 7) is 7.92. The van der Waals surface area contributed by atoms with Crippen molar-refractivity contribution in [2.45, 2.75) is 20.8 Å². The topological polar surface area (TPSA) is 27.7 Å². The summed E-state index contributed by atoms with van der Waals surface area (Å²) in [7, 11) is -0.918. The van der Waals surface area contributed by atoms with Crippen molar-refractivity contribution in [1.82, 2.24) is 0 Å². The van der Waals surface area contributed by atoms with Crippen LogP contribution in [0.4, 0.5) is 0 Å². The molecule has 0 aromatic heterocycles. The maximum Gasteiger partial charge on any atom is 0.127 e. The summed E-state index contributed by atoms with van der Waals surface area (Å²) in [5, 5.41) is 3.50. The van der Waals surface area contributed by atoms with Crippen molar-refractivity contribution in [3.63, 3.8) is 0 Å². The lowest BCUT2D eigenvalue weighted by Crippen LogP contribution is -2.25. The molecule has 0 fully saturated rings. The third kappa shape index (κ3) is 4.48. The van der Waals surface area contributed by atoms with E-state index < -0.39 is 7.92 Å². The van der Waals surface area contributed by atoms with Gasteiger partial charge in [0.1, 0.15) is 17.2 Å². The van der Waals surface area contributed by atoms with E-state index in [2.05, 4.69) is 36.4 Å². The Morgan fingerprint density at radius 3 is 1.07 bits per heavy atom. The van der Waals surface area contributed by atoms with Gasteiger partial charge in [-0.1, -0.05) is 54.6 Å². The molecule has 0 radical (unpaired) electrons. The summed E-state index contributed by atoms with van der Waals surface area (Å²) in [6.07, 6.45) is 0. The first-order valence-electron chi connectivity index (χ1n) is 9.75. The van der Waals surface area contributed by atoms with Crippen LogP contribution >= 0.6 is 7.92 Å². The van der Waals surface area contributed by atoms with Crippen LogP contribution in [0, 0.1) is 0 Å². The highest BCUT2D eigenvalue weighted by molar-refractivity contribution is 7.80. The summed E-state index contributed by atoms with van der Waals surface area (Å²) < 4.78 is 18.0. The molecule has 146 valence electrons. The molecule has 0 bridgehead atoms. The van der Waals surface area contributed by atoms with E-state index in [1.807, 2.05) is 57.2 Å². The van der Waals surface area contributed by atoms with Gasteiger partial charge in [-0.15, -0.1) is 0 Å². The van der Waals surface area contributed by atoms with E-state index >= 15 is 0 Å². The predicted octanol–water partition coefficient (Wildman–Crippen LogP) is 4.64. The molecule has 3 aromatic carbocycles. The first kappa shape index (κ1) is 20.2. The average molecular weight is 394 g/mol. The molecule has 0 aliphatic heterocycles. The van der Waals surface area contributed by atoms with Crippen LogP contribution in [0.3, 0.4) is 0 Å². The van der Waals surface area contributed by atoms with Gasteiger partial charge in [-0.25, -0.2) is 0 Å². The lowest BCUT2D eigenvalue weighted by Gasteiger charge is -2.25. The maximum atomic E-state index is 6.00. The molecule has 0 unspecified atom stereocenters. The third-order valence-corrected chi connectivity index (χ3v) is 6.77. The van der Waals surface area contributed by atoms with Crippen LogP contribution in [0.5, 0.6) is 17.2 Å². The molecular weight excluding hydrogens is 367 g/mol. The highest BCUT2D eigenvalue weighted by Crippen LogP contribution is 2.42. The second kappa shape index (κ2) is 10.1. The van der Waals surface area contributed by atoms with Crippen LogP contribution in [-0.2, 0) is 0 Å². The van der Waals surface area contributed by atoms with Gasteiger partial charge in [-0.2, -0.15) is 0 Å². The predicted molar refractivity (Wildman–Crippen MR) is 119 cm³/mol. The Morgan fingerprint density at radius 2 is 0.786 bits per heavy atom. The highest BCUT2D eigenvalue weighted by atomic mass is 31.1. The van der Waals surface area contributed by atoms with E-state index in [9.17, 15) is 0 Å². The molecule has 0 amide bonds. The van der Waals surface area contributed by atoms with Gasteiger partial charge in [-0.05, 0) is 46.9 Å². The summed E-state index contributed by atoms with van der Waals surface area (Å²) in [5.74, 6) is 2.73. The fourth-order valence-electron chi connectivity index (χ4n) is 3.15. The van der Waals surface area contributed by atoms with Crippen LogP contribution in [0.2, 0.25) is 0 Å². The van der Waals surface area contributed by atoms with Crippen molar-refractivity contribution >= 4 is 23.8 Å². The number of para-hydroxylation sites is 3. The first-order valence-corrected chi connectivity index (χ1v) is 11.1. The van der Waals surface area contributed by atoms with Crippen LogP contribution in [0.1, 0.15) is 20.8 Å².